The Morgan fingerprint density at radius 3 is 2.52 bits per heavy atom. The van der Waals surface area contributed by atoms with Gasteiger partial charge in [0.2, 0.25) is 5.91 Å². The summed E-state index contributed by atoms with van der Waals surface area (Å²) < 4.78 is 0. The fourth-order valence-corrected chi connectivity index (χ4v) is 2.98. The molecule has 3 N–H and O–H groups in total. The standard InChI is InChI=1S/C16H12Cl2N4O2S/c17-10-3-1-9(2-4-10)15(24)22-21-14(23)8-25-16-19-12-6-5-11(18)7-13(12)20-16/h1-7H,8H2,(H,19,20)(H,21,23)(H,22,24). The molecule has 3 rings (SSSR count). The van der Waals surface area contributed by atoms with Gasteiger partial charge in [-0.1, -0.05) is 35.0 Å². The van der Waals surface area contributed by atoms with Gasteiger partial charge in [-0.25, -0.2) is 4.98 Å². The lowest BCUT2D eigenvalue weighted by Crippen LogP contribution is -2.42. The maximum atomic E-state index is 11.9. The van der Waals surface area contributed by atoms with Crippen molar-refractivity contribution in [2.45, 2.75) is 5.16 Å². The summed E-state index contributed by atoms with van der Waals surface area (Å²) in [5, 5.41) is 1.73. The molecule has 2 amide bonds. The van der Waals surface area contributed by atoms with Gasteiger partial charge in [0.1, 0.15) is 0 Å². The molecule has 6 nitrogen and oxygen atoms in total. The van der Waals surface area contributed by atoms with Crippen LogP contribution in [0.5, 0.6) is 0 Å². The number of carbonyl (C=O) groups excluding carboxylic acids is 2. The van der Waals surface area contributed by atoms with Gasteiger partial charge in [-0.05, 0) is 42.5 Å². The van der Waals surface area contributed by atoms with E-state index < -0.39 is 5.91 Å². The smallest absolute Gasteiger partial charge is 0.269 e. The number of halogens is 2. The van der Waals surface area contributed by atoms with E-state index in [0.717, 1.165) is 11.0 Å². The second kappa shape index (κ2) is 7.77. The first-order valence-corrected chi connectivity index (χ1v) is 8.88. The summed E-state index contributed by atoms with van der Waals surface area (Å²) in [6, 6.07) is 11.6. The highest BCUT2D eigenvalue weighted by atomic mass is 35.5. The number of fused-ring (bicyclic) bond motifs is 1. The Labute approximate surface area is 157 Å². The summed E-state index contributed by atoms with van der Waals surface area (Å²) in [5.74, 6) is -0.687. The summed E-state index contributed by atoms with van der Waals surface area (Å²) in [4.78, 5) is 31.1. The first-order valence-electron chi connectivity index (χ1n) is 7.14. The first-order chi connectivity index (χ1) is 12.0. The maximum Gasteiger partial charge on any atom is 0.269 e. The van der Waals surface area contributed by atoms with Gasteiger partial charge in [0.15, 0.2) is 5.16 Å². The molecule has 1 aromatic heterocycles. The number of benzene rings is 2. The largest absolute Gasteiger partial charge is 0.333 e. The van der Waals surface area contributed by atoms with Crippen molar-refractivity contribution in [3.05, 3.63) is 58.1 Å². The number of hydrogen-bond donors (Lipinski definition) is 3. The number of rotatable bonds is 4. The van der Waals surface area contributed by atoms with Crippen molar-refractivity contribution in [1.82, 2.24) is 20.8 Å². The fraction of sp³-hybridized carbons (Fsp3) is 0.0625. The summed E-state index contributed by atoms with van der Waals surface area (Å²) in [6.45, 7) is 0. The number of nitrogens with one attached hydrogen (secondary N) is 3. The number of H-pyrrole nitrogens is 1. The average molecular weight is 395 g/mol. The molecular weight excluding hydrogens is 383 g/mol. The highest BCUT2D eigenvalue weighted by molar-refractivity contribution is 7.99. The molecule has 0 saturated heterocycles. The number of aromatic amines is 1. The number of amides is 2. The van der Waals surface area contributed by atoms with Crippen molar-refractivity contribution in [2.75, 3.05) is 5.75 Å². The number of imidazole rings is 1. The van der Waals surface area contributed by atoms with E-state index in [0.29, 0.717) is 20.8 Å². The highest BCUT2D eigenvalue weighted by Gasteiger charge is 2.10. The Hall–Kier alpha value is -2.22. The Kier molecular flexibility index (Phi) is 5.47. The molecule has 9 heteroatoms. The predicted molar refractivity (Wildman–Crippen MR) is 98.9 cm³/mol. The number of hydrogen-bond acceptors (Lipinski definition) is 4. The van der Waals surface area contributed by atoms with Gasteiger partial charge in [0, 0.05) is 15.6 Å². The number of thioether (sulfide) groups is 1. The van der Waals surface area contributed by atoms with Crippen molar-refractivity contribution in [3.63, 3.8) is 0 Å². The molecule has 0 fully saturated rings. The average Bonchev–Trinajstić information content (AvgIpc) is 3.00. The minimum absolute atomic E-state index is 0.0917. The van der Waals surface area contributed by atoms with E-state index in [1.807, 2.05) is 0 Å². The van der Waals surface area contributed by atoms with Crippen molar-refractivity contribution >= 4 is 57.8 Å². The number of nitrogens with zero attached hydrogens (tertiary/aromatic N) is 1. The summed E-state index contributed by atoms with van der Waals surface area (Å²) in [5.41, 5.74) is 6.66. The first kappa shape index (κ1) is 17.6. The number of aromatic nitrogens is 2. The summed E-state index contributed by atoms with van der Waals surface area (Å²) in [6.07, 6.45) is 0. The molecular formula is C16H12Cl2N4O2S. The number of carbonyl (C=O) groups is 2. The molecule has 0 aliphatic rings. The van der Waals surface area contributed by atoms with E-state index in [2.05, 4.69) is 20.8 Å². The van der Waals surface area contributed by atoms with Crippen LogP contribution in [0.25, 0.3) is 11.0 Å². The predicted octanol–water partition coefficient (Wildman–Crippen LogP) is 3.42. The molecule has 0 unspecified atom stereocenters. The van der Waals surface area contributed by atoms with Crippen molar-refractivity contribution < 1.29 is 9.59 Å². The van der Waals surface area contributed by atoms with Crippen LogP contribution in [0.1, 0.15) is 10.4 Å². The lowest BCUT2D eigenvalue weighted by atomic mass is 10.2. The third-order valence-electron chi connectivity index (χ3n) is 3.18. The molecule has 3 aromatic rings. The molecule has 128 valence electrons. The Morgan fingerprint density at radius 2 is 1.76 bits per heavy atom. The third-order valence-corrected chi connectivity index (χ3v) is 4.54. The molecule has 0 radical (unpaired) electrons. The summed E-state index contributed by atoms with van der Waals surface area (Å²) >= 11 is 12.9. The van der Waals surface area contributed by atoms with E-state index in [-0.39, 0.29) is 11.7 Å². The Morgan fingerprint density at radius 1 is 1.04 bits per heavy atom. The molecule has 0 bridgehead atoms. The van der Waals surface area contributed by atoms with Crippen LogP contribution in [0.15, 0.2) is 47.6 Å². The van der Waals surface area contributed by atoms with Gasteiger partial charge in [-0.3, -0.25) is 20.4 Å². The zero-order valence-electron chi connectivity index (χ0n) is 12.7. The zero-order chi connectivity index (χ0) is 17.8. The van der Waals surface area contributed by atoms with E-state index in [1.54, 1.807) is 42.5 Å². The van der Waals surface area contributed by atoms with Gasteiger partial charge in [0.05, 0.1) is 16.8 Å². The van der Waals surface area contributed by atoms with Crippen LogP contribution < -0.4 is 10.9 Å². The minimum Gasteiger partial charge on any atom is -0.333 e. The molecule has 2 aromatic carbocycles. The normalized spacial score (nSPS) is 10.6. The van der Waals surface area contributed by atoms with Crippen LogP contribution in [0.2, 0.25) is 10.0 Å². The molecule has 0 saturated carbocycles. The van der Waals surface area contributed by atoms with Gasteiger partial charge in [-0.2, -0.15) is 0 Å². The van der Waals surface area contributed by atoms with Crippen LogP contribution in [0.4, 0.5) is 0 Å². The second-order valence-corrected chi connectivity index (χ2v) is 6.84. The minimum atomic E-state index is -0.423. The Balaban J connectivity index is 1.50. The van der Waals surface area contributed by atoms with Gasteiger partial charge < -0.3 is 4.98 Å². The topological polar surface area (TPSA) is 86.9 Å². The SMILES string of the molecule is O=C(CSc1nc2ccc(Cl)cc2[nH]1)NNC(=O)c1ccc(Cl)cc1. The van der Waals surface area contributed by atoms with Crippen molar-refractivity contribution in [1.29, 1.82) is 0 Å². The number of hydrazine groups is 1. The Bertz CT molecular complexity index is 928. The third kappa shape index (κ3) is 4.66. The maximum absolute atomic E-state index is 11.9. The monoisotopic (exact) mass is 394 g/mol. The van der Waals surface area contributed by atoms with E-state index in [9.17, 15) is 9.59 Å². The lowest BCUT2D eigenvalue weighted by Gasteiger charge is -2.06. The van der Waals surface area contributed by atoms with Crippen LogP contribution in [-0.2, 0) is 4.79 Å². The van der Waals surface area contributed by atoms with E-state index in [1.165, 1.54) is 11.8 Å². The zero-order valence-corrected chi connectivity index (χ0v) is 15.0. The van der Waals surface area contributed by atoms with Crippen LogP contribution in [0, 0.1) is 0 Å². The van der Waals surface area contributed by atoms with Gasteiger partial charge in [0.25, 0.3) is 5.91 Å². The van der Waals surface area contributed by atoms with E-state index in [4.69, 9.17) is 23.2 Å². The van der Waals surface area contributed by atoms with Gasteiger partial charge in [-0.15, -0.1) is 0 Å². The molecule has 0 atom stereocenters. The lowest BCUT2D eigenvalue weighted by molar-refractivity contribution is -0.119. The van der Waals surface area contributed by atoms with Crippen molar-refractivity contribution in [3.8, 4) is 0 Å². The van der Waals surface area contributed by atoms with Crippen LogP contribution in [0.3, 0.4) is 0 Å². The summed E-state index contributed by atoms with van der Waals surface area (Å²) in [7, 11) is 0. The molecule has 0 aliphatic carbocycles. The second-order valence-electron chi connectivity index (χ2n) is 5.00. The van der Waals surface area contributed by atoms with Gasteiger partial charge >= 0.3 is 0 Å². The van der Waals surface area contributed by atoms with Crippen LogP contribution in [-0.4, -0.2) is 27.5 Å². The molecule has 1 heterocycles. The molecule has 0 aliphatic heterocycles. The van der Waals surface area contributed by atoms with E-state index >= 15 is 0 Å². The highest BCUT2D eigenvalue weighted by Crippen LogP contribution is 2.21. The van der Waals surface area contributed by atoms with Crippen LogP contribution >= 0.6 is 35.0 Å². The molecule has 0 spiro atoms. The quantitative estimate of drug-likeness (QED) is 0.467. The fourth-order valence-electron chi connectivity index (χ4n) is 2.00. The molecule has 25 heavy (non-hydrogen) atoms. The van der Waals surface area contributed by atoms with Crippen molar-refractivity contribution in [2.24, 2.45) is 0 Å².